The van der Waals surface area contributed by atoms with Crippen molar-refractivity contribution in [2.24, 2.45) is 0 Å². The van der Waals surface area contributed by atoms with Crippen molar-refractivity contribution >= 4 is 17.3 Å². The highest BCUT2D eigenvalue weighted by atomic mass is 35.5. The molecule has 2 rings (SSSR count). The quantitative estimate of drug-likeness (QED) is 0.784. The highest BCUT2D eigenvalue weighted by molar-refractivity contribution is 6.30. The molecular formula is C13H10ClF3N2. The Kier molecular flexibility index (Phi) is 3.46. The van der Waals surface area contributed by atoms with Crippen LogP contribution >= 0.6 is 11.6 Å². The molecule has 1 aliphatic rings. The second kappa shape index (κ2) is 4.78. The number of benzene rings is 1. The first-order valence-electron chi connectivity index (χ1n) is 5.53. The minimum atomic E-state index is -4.36. The number of nitriles is 1. The number of hydrogen-bond donors (Lipinski definition) is 0. The van der Waals surface area contributed by atoms with E-state index in [4.69, 9.17) is 16.9 Å². The van der Waals surface area contributed by atoms with Crippen LogP contribution < -0.4 is 0 Å². The Morgan fingerprint density at radius 1 is 1.32 bits per heavy atom. The Labute approximate surface area is 113 Å². The maximum atomic E-state index is 12.9. The second-order valence-corrected chi connectivity index (χ2v) is 4.75. The van der Waals surface area contributed by atoms with Gasteiger partial charge in [0.1, 0.15) is 6.04 Å². The fraction of sp³-hybridized carbons (Fsp3) is 0.308. The van der Waals surface area contributed by atoms with Crippen LogP contribution in [0.2, 0.25) is 5.02 Å². The molecule has 1 aliphatic heterocycles. The molecule has 0 radical (unpaired) electrons. The predicted molar refractivity (Wildman–Crippen MR) is 66.2 cm³/mol. The summed E-state index contributed by atoms with van der Waals surface area (Å²) in [5.74, 6) is 0. The van der Waals surface area contributed by atoms with Gasteiger partial charge in [0.15, 0.2) is 0 Å². The fourth-order valence-electron chi connectivity index (χ4n) is 2.22. The van der Waals surface area contributed by atoms with Crippen LogP contribution in [0.5, 0.6) is 0 Å². The summed E-state index contributed by atoms with van der Waals surface area (Å²) in [5.41, 5.74) is 1.03. The molecule has 100 valence electrons. The lowest BCUT2D eigenvalue weighted by Gasteiger charge is -2.27. The fourth-order valence-corrected chi connectivity index (χ4v) is 2.34. The highest BCUT2D eigenvalue weighted by Crippen LogP contribution is 2.41. The van der Waals surface area contributed by atoms with Gasteiger partial charge in [-0.15, -0.1) is 0 Å². The van der Waals surface area contributed by atoms with Gasteiger partial charge >= 0.3 is 6.18 Å². The van der Waals surface area contributed by atoms with Gasteiger partial charge < -0.3 is 4.90 Å². The first-order chi connectivity index (χ1) is 8.84. The van der Waals surface area contributed by atoms with E-state index < -0.39 is 12.2 Å². The molecule has 2 nitrogen and oxygen atoms in total. The zero-order valence-electron chi connectivity index (χ0n) is 10.0. The number of rotatable bonds is 1. The Morgan fingerprint density at radius 2 is 1.89 bits per heavy atom. The van der Waals surface area contributed by atoms with E-state index in [2.05, 4.69) is 0 Å². The summed E-state index contributed by atoms with van der Waals surface area (Å²) in [6.45, 7) is 0. The van der Waals surface area contributed by atoms with E-state index in [0.29, 0.717) is 16.3 Å². The first-order valence-corrected chi connectivity index (χ1v) is 5.91. The van der Waals surface area contributed by atoms with E-state index in [1.807, 2.05) is 6.07 Å². The van der Waals surface area contributed by atoms with Crippen molar-refractivity contribution < 1.29 is 13.2 Å². The highest BCUT2D eigenvalue weighted by Gasteiger charge is 2.47. The molecule has 0 amide bonds. The van der Waals surface area contributed by atoms with Crippen molar-refractivity contribution in [1.82, 2.24) is 4.90 Å². The molecule has 0 saturated heterocycles. The third-order valence-electron chi connectivity index (χ3n) is 3.13. The van der Waals surface area contributed by atoms with Crippen molar-refractivity contribution in [2.45, 2.75) is 18.6 Å². The number of hydrogen-bond acceptors (Lipinski definition) is 2. The summed E-state index contributed by atoms with van der Waals surface area (Å²) in [6, 6.07) is 6.63. The molecular weight excluding hydrogens is 277 g/mol. The molecule has 0 aliphatic carbocycles. The summed E-state index contributed by atoms with van der Waals surface area (Å²) in [5, 5.41) is 9.52. The molecule has 0 N–H and O–H groups in total. The Bertz CT molecular complexity index is 555. The number of halogens is 4. The standard InChI is InChI=1S/C13H10ClF3N2/c1-19-11(13(15,16)17)6-9(7-18)12(19)8-2-4-10(14)5-3-8/h2-5,11H,6H2,1H3. The maximum Gasteiger partial charge on any atom is 0.409 e. The summed E-state index contributed by atoms with van der Waals surface area (Å²) < 4.78 is 38.6. The summed E-state index contributed by atoms with van der Waals surface area (Å²) >= 11 is 5.75. The lowest BCUT2D eigenvalue weighted by atomic mass is 10.1. The van der Waals surface area contributed by atoms with Crippen LogP contribution in [-0.4, -0.2) is 24.2 Å². The second-order valence-electron chi connectivity index (χ2n) is 4.32. The van der Waals surface area contributed by atoms with Crippen molar-refractivity contribution in [3.05, 3.63) is 40.4 Å². The van der Waals surface area contributed by atoms with Gasteiger partial charge in [-0.25, -0.2) is 0 Å². The van der Waals surface area contributed by atoms with Gasteiger partial charge in [0, 0.05) is 18.5 Å². The molecule has 1 aromatic rings. The molecule has 0 spiro atoms. The van der Waals surface area contributed by atoms with Crippen LogP contribution in [-0.2, 0) is 0 Å². The minimum absolute atomic E-state index is 0.146. The molecule has 6 heteroatoms. The van der Waals surface area contributed by atoms with Crippen LogP contribution in [0, 0.1) is 11.3 Å². The number of nitrogens with zero attached hydrogens (tertiary/aromatic N) is 2. The minimum Gasteiger partial charge on any atom is -0.361 e. The monoisotopic (exact) mass is 286 g/mol. The van der Waals surface area contributed by atoms with Gasteiger partial charge in [-0.2, -0.15) is 18.4 Å². The average Bonchev–Trinajstić information content (AvgIpc) is 2.67. The molecule has 1 heterocycles. The van der Waals surface area contributed by atoms with E-state index in [9.17, 15) is 13.2 Å². The van der Waals surface area contributed by atoms with Gasteiger partial charge in [-0.3, -0.25) is 0 Å². The van der Waals surface area contributed by atoms with Crippen molar-refractivity contribution in [3.63, 3.8) is 0 Å². The molecule has 0 bridgehead atoms. The zero-order chi connectivity index (χ0) is 14.2. The van der Waals surface area contributed by atoms with Crippen LogP contribution in [0.1, 0.15) is 12.0 Å². The zero-order valence-corrected chi connectivity index (χ0v) is 10.8. The van der Waals surface area contributed by atoms with Crippen molar-refractivity contribution in [1.29, 1.82) is 5.26 Å². The predicted octanol–water partition coefficient (Wildman–Crippen LogP) is 3.84. The van der Waals surface area contributed by atoms with Gasteiger partial charge in [0.25, 0.3) is 0 Å². The van der Waals surface area contributed by atoms with Crippen LogP contribution in [0.3, 0.4) is 0 Å². The van der Waals surface area contributed by atoms with Gasteiger partial charge in [-0.05, 0) is 17.7 Å². The lowest BCUT2D eigenvalue weighted by Crippen LogP contribution is -2.38. The molecule has 1 aromatic carbocycles. The maximum absolute atomic E-state index is 12.9. The van der Waals surface area contributed by atoms with Crippen LogP contribution in [0.15, 0.2) is 29.8 Å². The van der Waals surface area contributed by atoms with Gasteiger partial charge in [0.05, 0.1) is 17.3 Å². The third-order valence-corrected chi connectivity index (χ3v) is 3.39. The van der Waals surface area contributed by atoms with E-state index >= 15 is 0 Å². The summed E-state index contributed by atoms with van der Waals surface area (Å²) in [6.07, 6.45) is -4.67. The van der Waals surface area contributed by atoms with E-state index in [-0.39, 0.29) is 12.0 Å². The van der Waals surface area contributed by atoms with E-state index in [1.165, 1.54) is 7.05 Å². The SMILES string of the molecule is CN1C(c2ccc(Cl)cc2)=C(C#N)CC1C(F)(F)F. The largest absolute Gasteiger partial charge is 0.409 e. The van der Waals surface area contributed by atoms with Crippen molar-refractivity contribution in [3.8, 4) is 6.07 Å². The molecule has 0 saturated carbocycles. The summed E-state index contributed by atoms with van der Waals surface area (Å²) in [4.78, 5) is 1.11. The average molecular weight is 287 g/mol. The third kappa shape index (κ3) is 2.54. The first kappa shape index (κ1) is 13.8. The Hall–Kier alpha value is -1.67. The molecule has 1 atom stereocenters. The van der Waals surface area contributed by atoms with Gasteiger partial charge in [0.2, 0.25) is 0 Å². The topological polar surface area (TPSA) is 27.0 Å². The van der Waals surface area contributed by atoms with Gasteiger partial charge in [-0.1, -0.05) is 23.7 Å². The lowest BCUT2D eigenvalue weighted by molar-refractivity contribution is -0.169. The normalized spacial score (nSPS) is 19.8. The van der Waals surface area contributed by atoms with Crippen LogP contribution in [0.25, 0.3) is 5.70 Å². The molecule has 0 fully saturated rings. The Morgan fingerprint density at radius 3 is 2.37 bits per heavy atom. The Balaban J connectivity index is 2.43. The van der Waals surface area contributed by atoms with Crippen LogP contribution in [0.4, 0.5) is 13.2 Å². The van der Waals surface area contributed by atoms with E-state index in [1.54, 1.807) is 24.3 Å². The molecule has 0 aromatic heterocycles. The summed E-state index contributed by atoms with van der Waals surface area (Å²) in [7, 11) is 1.35. The molecule has 1 unspecified atom stereocenters. The van der Waals surface area contributed by atoms with Crippen molar-refractivity contribution in [2.75, 3.05) is 7.05 Å². The number of alkyl halides is 3. The smallest absolute Gasteiger partial charge is 0.361 e. The van der Waals surface area contributed by atoms with E-state index in [0.717, 1.165) is 4.90 Å². The molecule has 19 heavy (non-hydrogen) atoms.